The summed E-state index contributed by atoms with van der Waals surface area (Å²) in [6.07, 6.45) is -2.42. The Balaban J connectivity index is 0.000000509. The average molecular weight is 497 g/mol. The topological polar surface area (TPSA) is 110 Å². The quantitative estimate of drug-likeness (QED) is 0.392. The number of nitrogens with one attached hydrogen (secondary N) is 1. The van der Waals surface area contributed by atoms with E-state index >= 15 is 0 Å². The molecule has 3 aromatic rings. The van der Waals surface area contributed by atoms with E-state index in [1.54, 1.807) is 19.9 Å². The van der Waals surface area contributed by atoms with Gasteiger partial charge in [0, 0.05) is 11.1 Å². The Bertz CT molecular complexity index is 1320. The van der Waals surface area contributed by atoms with Crippen LogP contribution in [0.1, 0.15) is 32.8 Å². The third kappa shape index (κ3) is 6.70. The van der Waals surface area contributed by atoms with Crippen LogP contribution in [0.15, 0.2) is 70.0 Å². The number of hydrogen-bond donors (Lipinski definition) is 2. The first-order chi connectivity index (χ1) is 15.8. The molecule has 0 saturated heterocycles. The SMILES string of the molecule is C/C=C(\C)S(=O)(=O)Nc1ccc2oc(-c3ccc(C(F)(F)F)cc3)nc2c1.C=C(CC)C(=O)O. The van der Waals surface area contributed by atoms with Crippen LogP contribution in [0.25, 0.3) is 22.6 Å². The summed E-state index contributed by atoms with van der Waals surface area (Å²) < 4.78 is 70.1. The van der Waals surface area contributed by atoms with Gasteiger partial charge >= 0.3 is 12.1 Å². The molecule has 182 valence electrons. The van der Waals surface area contributed by atoms with Gasteiger partial charge in [0.25, 0.3) is 10.0 Å². The molecule has 1 aromatic heterocycles. The molecule has 0 aliphatic carbocycles. The van der Waals surface area contributed by atoms with E-state index in [2.05, 4.69) is 16.3 Å². The number of hydrogen-bond acceptors (Lipinski definition) is 5. The van der Waals surface area contributed by atoms with Gasteiger partial charge in [0.2, 0.25) is 5.89 Å². The summed E-state index contributed by atoms with van der Waals surface area (Å²) in [5.74, 6) is -0.758. The van der Waals surface area contributed by atoms with Crippen molar-refractivity contribution in [1.82, 2.24) is 4.98 Å². The fourth-order valence-corrected chi connectivity index (χ4v) is 3.37. The van der Waals surface area contributed by atoms with Crippen molar-refractivity contribution in [1.29, 1.82) is 0 Å². The molecule has 2 N–H and O–H groups in total. The smallest absolute Gasteiger partial charge is 0.416 e. The van der Waals surface area contributed by atoms with E-state index in [4.69, 9.17) is 9.52 Å². The van der Waals surface area contributed by atoms with Crippen LogP contribution in [0.3, 0.4) is 0 Å². The zero-order valence-electron chi connectivity index (χ0n) is 18.6. The predicted octanol–water partition coefficient (Wildman–Crippen LogP) is 6.22. The standard InChI is InChI=1S/C18H15F3N2O3S.C5H8O2/c1-3-11(2)27(24,25)23-14-8-9-16-15(10-14)22-17(26-16)12-4-6-13(7-5-12)18(19,20)21;1-3-4(2)5(6)7/h3-10,23H,1-2H3;2-3H2,1H3,(H,6,7)/b11-3+;. The fraction of sp³-hybridized carbons (Fsp3) is 0.217. The minimum absolute atomic E-state index is 0.142. The molecule has 0 aliphatic heterocycles. The summed E-state index contributed by atoms with van der Waals surface area (Å²) in [6.45, 7) is 8.12. The number of rotatable bonds is 6. The molecule has 34 heavy (non-hydrogen) atoms. The van der Waals surface area contributed by atoms with Crippen LogP contribution in [0.5, 0.6) is 0 Å². The lowest BCUT2D eigenvalue weighted by molar-refractivity contribution is -0.137. The number of carboxylic acids is 1. The summed E-state index contributed by atoms with van der Waals surface area (Å²) in [7, 11) is -3.65. The number of sulfonamides is 1. The number of anilines is 1. The minimum Gasteiger partial charge on any atom is -0.478 e. The number of oxazole rings is 1. The van der Waals surface area contributed by atoms with Gasteiger partial charge in [-0.1, -0.05) is 19.6 Å². The fourth-order valence-electron chi connectivity index (χ4n) is 2.46. The van der Waals surface area contributed by atoms with Crippen LogP contribution in [0, 0.1) is 0 Å². The van der Waals surface area contributed by atoms with Crippen molar-refractivity contribution in [3.8, 4) is 11.5 Å². The molecular weight excluding hydrogens is 473 g/mol. The number of aliphatic carboxylic acids is 1. The summed E-state index contributed by atoms with van der Waals surface area (Å²) >= 11 is 0. The Kier molecular flexibility index (Phi) is 8.27. The van der Waals surface area contributed by atoms with Gasteiger partial charge in [0.15, 0.2) is 5.58 Å². The molecule has 0 bridgehead atoms. The summed E-state index contributed by atoms with van der Waals surface area (Å²) in [4.78, 5) is 14.2. The molecule has 0 saturated carbocycles. The van der Waals surface area contributed by atoms with Crippen molar-refractivity contribution >= 4 is 32.8 Å². The van der Waals surface area contributed by atoms with E-state index in [9.17, 15) is 26.4 Å². The Morgan fingerprint density at radius 1 is 1.21 bits per heavy atom. The molecule has 0 spiro atoms. The van der Waals surface area contributed by atoms with Crippen LogP contribution < -0.4 is 4.72 Å². The molecule has 2 aromatic carbocycles. The number of allylic oxidation sites excluding steroid dienone is 2. The van der Waals surface area contributed by atoms with E-state index in [-0.39, 0.29) is 16.4 Å². The van der Waals surface area contributed by atoms with Crippen molar-refractivity contribution in [3.05, 3.63) is 71.2 Å². The molecule has 7 nitrogen and oxygen atoms in total. The van der Waals surface area contributed by atoms with Crippen LogP contribution >= 0.6 is 0 Å². The van der Waals surface area contributed by atoms with Gasteiger partial charge in [-0.3, -0.25) is 4.72 Å². The highest BCUT2D eigenvalue weighted by molar-refractivity contribution is 7.96. The zero-order chi connectivity index (χ0) is 25.7. The minimum atomic E-state index is -4.42. The number of fused-ring (bicyclic) bond motifs is 1. The van der Waals surface area contributed by atoms with Crippen molar-refractivity contribution < 1.29 is 35.9 Å². The molecule has 1 heterocycles. The second-order valence-electron chi connectivity index (χ2n) is 7.04. The van der Waals surface area contributed by atoms with E-state index in [1.807, 2.05) is 0 Å². The first-order valence-corrected chi connectivity index (χ1v) is 11.4. The maximum absolute atomic E-state index is 12.7. The van der Waals surface area contributed by atoms with Crippen LogP contribution in [0.4, 0.5) is 18.9 Å². The Labute approximate surface area is 194 Å². The van der Waals surface area contributed by atoms with Gasteiger partial charge in [-0.25, -0.2) is 18.2 Å². The largest absolute Gasteiger partial charge is 0.478 e. The Hall–Kier alpha value is -3.60. The van der Waals surface area contributed by atoms with E-state index in [0.29, 0.717) is 28.8 Å². The predicted molar refractivity (Wildman–Crippen MR) is 123 cm³/mol. The molecule has 0 atom stereocenters. The van der Waals surface area contributed by atoms with Crippen molar-refractivity contribution in [2.24, 2.45) is 0 Å². The highest BCUT2D eigenvalue weighted by Gasteiger charge is 2.30. The number of halogens is 3. The molecular formula is C23H23F3N2O5S. The monoisotopic (exact) mass is 496 g/mol. The number of nitrogens with zero attached hydrogens (tertiary/aromatic N) is 1. The Morgan fingerprint density at radius 3 is 2.29 bits per heavy atom. The van der Waals surface area contributed by atoms with E-state index in [0.717, 1.165) is 12.1 Å². The first-order valence-electron chi connectivity index (χ1n) is 9.93. The third-order valence-corrected chi connectivity index (χ3v) is 6.25. The van der Waals surface area contributed by atoms with Gasteiger partial charge in [0.05, 0.1) is 16.2 Å². The van der Waals surface area contributed by atoms with Gasteiger partial charge in [-0.15, -0.1) is 0 Å². The first kappa shape index (κ1) is 26.7. The molecule has 0 aliphatic rings. The van der Waals surface area contributed by atoms with Crippen LogP contribution in [0.2, 0.25) is 0 Å². The Morgan fingerprint density at radius 2 is 1.82 bits per heavy atom. The second kappa shape index (κ2) is 10.6. The molecule has 0 unspecified atom stereocenters. The molecule has 0 radical (unpaired) electrons. The number of alkyl halides is 3. The van der Waals surface area contributed by atoms with Gasteiger partial charge in [-0.05, 0) is 62.7 Å². The van der Waals surface area contributed by atoms with Gasteiger partial charge in [-0.2, -0.15) is 13.2 Å². The van der Waals surface area contributed by atoms with Crippen molar-refractivity contribution in [3.63, 3.8) is 0 Å². The number of aromatic nitrogens is 1. The summed E-state index contributed by atoms with van der Waals surface area (Å²) in [5.41, 5.74) is 0.944. The average Bonchev–Trinajstić information content (AvgIpc) is 3.20. The van der Waals surface area contributed by atoms with Crippen LogP contribution in [-0.2, 0) is 21.0 Å². The van der Waals surface area contributed by atoms with E-state index in [1.165, 1.54) is 37.3 Å². The van der Waals surface area contributed by atoms with Gasteiger partial charge in [0.1, 0.15) is 5.52 Å². The third-order valence-electron chi connectivity index (χ3n) is 4.66. The van der Waals surface area contributed by atoms with Crippen molar-refractivity contribution in [2.45, 2.75) is 33.4 Å². The van der Waals surface area contributed by atoms with Crippen molar-refractivity contribution in [2.75, 3.05) is 4.72 Å². The highest BCUT2D eigenvalue weighted by Crippen LogP contribution is 2.32. The van der Waals surface area contributed by atoms with E-state index < -0.39 is 27.7 Å². The lowest BCUT2D eigenvalue weighted by Crippen LogP contribution is -2.13. The number of carbonyl (C=O) groups is 1. The zero-order valence-corrected chi connectivity index (χ0v) is 19.4. The molecule has 11 heteroatoms. The molecule has 3 rings (SSSR count). The lowest BCUT2D eigenvalue weighted by atomic mass is 10.1. The summed E-state index contributed by atoms with van der Waals surface area (Å²) in [5, 5.41) is 8.08. The summed E-state index contributed by atoms with van der Waals surface area (Å²) in [6, 6.07) is 8.99. The second-order valence-corrected chi connectivity index (χ2v) is 8.90. The maximum Gasteiger partial charge on any atom is 0.416 e. The van der Waals surface area contributed by atoms with Crippen LogP contribution in [-0.4, -0.2) is 24.5 Å². The number of carboxylic acid groups (broad SMARTS) is 1. The highest BCUT2D eigenvalue weighted by atomic mass is 32.2. The normalized spacial score (nSPS) is 12.1. The molecule has 0 amide bonds. The lowest BCUT2D eigenvalue weighted by Gasteiger charge is -2.07. The van der Waals surface area contributed by atoms with Gasteiger partial charge < -0.3 is 9.52 Å². The molecule has 0 fully saturated rings. The maximum atomic E-state index is 12.7. The number of benzene rings is 2.